The van der Waals surface area contributed by atoms with E-state index in [1.807, 2.05) is 0 Å². The number of phenolic OH excluding ortho intramolecular Hbond substituents is 2. The first-order chi connectivity index (χ1) is 5.65. The summed E-state index contributed by atoms with van der Waals surface area (Å²) in [5.74, 6) is -0.456. The van der Waals surface area contributed by atoms with E-state index in [9.17, 15) is 5.11 Å². The maximum atomic E-state index is 9.23. The predicted octanol–water partition coefficient (Wildman–Crippen LogP) is 0.242. The van der Waals surface area contributed by atoms with E-state index < -0.39 is 6.10 Å². The van der Waals surface area contributed by atoms with Crippen molar-refractivity contribution in [2.24, 2.45) is 5.73 Å². The van der Waals surface area contributed by atoms with Gasteiger partial charge in [0.2, 0.25) is 0 Å². The van der Waals surface area contributed by atoms with Gasteiger partial charge in [0.15, 0.2) is 11.5 Å². The summed E-state index contributed by atoms with van der Waals surface area (Å²) in [5.41, 5.74) is 5.69. The van der Waals surface area contributed by atoms with Gasteiger partial charge in [0.1, 0.15) is 0 Å². The summed E-state index contributed by atoms with van der Waals surface area (Å²) in [6.07, 6.45) is -0.795. The third-order valence-corrected chi connectivity index (χ3v) is 1.61. The number of hydrogen-bond donors (Lipinski definition) is 4. The van der Waals surface area contributed by atoms with Crippen molar-refractivity contribution in [1.82, 2.24) is 0 Å². The SMILES string of the molecule is F.NC[C@H](O)c1ccc(O)c(O)c1. The lowest BCUT2D eigenvalue weighted by atomic mass is 10.1. The zero-order chi connectivity index (χ0) is 9.14. The van der Waals surface area contributed by atoms with Gasteiger partial charge in [-0.15, -0.1) is 0 Å². The topological polar surface area (TPSA) is 86.7 Å². The molecule has 0 bridgehead atoms. The Kier molecular flexibility index (Phi) is 4.16. The van der Waals surface area contributed by atoms with E-state index in [-0.39, 0.29) is 22.7 Å². The molecule has 0 fully saturated rings. The van der Waals surface area contributed by atoms with Gasteiger partial charge < -0.3 is 21.1 Å². The maximum Gasteiger partial charge on any atom is 0.157 e. The molecular weight excluding hydrogens is 177 g/mol. The molecule has 0 aliphatic rings. The summed E-state index contributed by atoms with van der Waals surface area (Å²) >= 11 is 0. The molecule has 1 aromatic carbocycles. The summed E-state index contributed by atoms with van der Waals surface area (Å²) in [4.78, 5) is 0. The molecule has 0 amide bonds. The summed E-state index contributed by atoms with van der Waals surface area (Å²) < 4.78 is 0. The third-order valence-electron chi connectivity index (χ3n) is 1.61. The van der Waals surface area contributed by atoms with Gasteiger partial charge in [-0.3, -0.25) is 4.70 Å². The fraction of sp³-hybridized carbons (Fsp3) is 0.250. The molecule has 0 heterocycles. The quantitative estimate of drug-likeness (QED) is 0.502. The molecule has 74 valence electrons. The number of aliphatic hydroxyl groups is 1. The lowest BCUT2D eigenvalue weighted by Crippen LogP contribution is -2.11. The molecule has 1 aromatic rings. The second-order valence-corrected chi connectivity index (χ2v) is 2.50. The van der Waals surface area contributed by atoms with Crippen molar-refractivity contribution in [1.29, 1.82) is 0 Å². The molecular formula is C8H12FNO3. The molecule has 0 saturated carbocycles. The second-order valence-electron chi connectivity index (χ2n) is 2.50. The highest BCUT2D eigenvalue weighted by Gasteiger charge is 2.07. The fourth-order valence-corrected chi connectivity index (χ4v) is 0.884. The molecule has 0 spiro atoms. The number of phenols is 2. The Bertz CT molecular complexity index is 280. The first-order valence-corrected chi connectivity index (χ1v) is 3.55. The van der Waals surface area contributed by atoms with Gasteiger partial charge in [-0.2, -0.15) is 0 Å². The number of halogens is 1. The Labute approximate surface area is 74.6 Å². The van der Waals surface area contributed by atoms with E-state index in [1.54, 1.807) is 0 Å². The molecule has 13 heavy (non-hydrogen) atoms. The minimum Gasteiger partial charge on any atom is -0.504 e. The molecule has 5 heteroatoms. The van der Waals surface area contributed by atoms with Crippen molar-refractivity contribution >= 4 is 0 Å². The molecule has 0 saturated heterocycles. The van der Waals surface area contributed by atoms with Crippen molar-refractivity contribution in [3.8, 4) is 11.5 Å². The molecule has 4 nitrogen and oxygen atoms in total. The van der Waals surface area contributed by atoms with Crippen LogP contribution in [0.25, 0.3) is 0 Å². The molecule has 5 N–H and O–H groups in total. The molecule has 0 aliphatic carbocycles. The van der Waals surface area contributed by atoms with Crippen LogP contribution in [0.1, 0.15) is 11.7 Å². The molecule has 0 unspecified atom stereocenters. The minimum atomic E-state index is -0.795. The second kappa shape index (κ2) is 4.64. The normalized spacial score (nSPS) is 11.8. The van der Waals surface area contributed by atoms with Crippen LogP contribution < -0.4 is 5.73 Å². The molecule has 1 atom stereocenters. The van der Waals surface area contributed by atoms with Crippen molar-refractivity contribution < 1.29 is 20.0 Å². The largest absolute Gasteiger partial charge is 0.504 e. The van der Waals surface area contributed by atoms with Crippen LogP contribution in [0.3, 0.4) is 0 Å². The lowest BCUT2D eigenvalue weighted by molar-refractivity contribution is 0.186. The van der Waals surface area contributed by atoms with Gasteiger partial charge in [-0.05, 0) is 17.7 Å². The fourth-order valence-electron chi connectivity index (χ4n) is 0.884. The van der Waals surface area contributed by atoms with Gasteiger partial charge in [0.05, 0.1) is 6.10 Å². The molecule has 0 aromatic heterocycles. The highest BCUT2D eigenvalue weighted by molar-refractivity contribution is 5.41. The third kappa shape index (κ3) is 2.57. The number of aliphatic hydroxyl groups excluding tert-OH is 1. The summed E-state index contributed by atoms with van der Waals surface area (Å²) in [6, 6.07) is 4.10. The van der Waals surface area contributed by atoms with Gasteiger partial charge >= 0.3 is 0 Å². The van der Waals surface area contributed by atoms with Crippen LogP contribution in [-0.4, -0.2) is 21.9 Å². The highest BCUT2D eigenvalue weighted by atomic mass is 19.0. The number of benzene rings is 1. The number of hydrogen-bond acceptors (Lipinski definition) is 4. The average molecular weight is 189 g/mol. The maximum absolute atomic E-state index is 9.23. The van der Waals surface area contributed by atoms with E-state index in [0.717, 1.165) is 0 Å². The van der Waals surface area contributed by atoms with Crippen LogP contribution in [0, 0.1) is 0 Å². The van der Waals surface area contributed by atoms with Crippen molar-refractivity contribution in [3.63, 3.8) is 0 Å². The molecule has 0 aliphatic heterocycles. The lowest BCUT2D eigenvalue weighted by Gasteiger charge is -2.08. The van der Waals surface area contributed by atoms with Crippen LogP contribution in [0.4, 0.5) is 4.70 Å². The van der Waals surface area contributed by atoms with E-state index >= 15 is 0 Å². The Hall–Kier alpha value is -1.33. The van der Waals surface area contributed by atoms with Crippen LogP contribution in [0.5, 0.6) is 11.5 Å². The number of nitrogens with two attached hydrogens (primary N) is 1. The van der Waals surface area contributed by atoms with Gasteiger partial charge in [0.25, 0.3) is 0 Å². The van der Waals surface area contributed by atoms with E-state index in [0.29, 0.717) is 5.56 Å². The van der Waals surface area contributed by atoms with Gasteiger partial charge in [-0.1, -0.05) is 6.07 Å². The zero-order valence-corrected chi connectivity index (χ0v) is 6.84. The van der Waals surface area contributed by atoms with Crippen molar-refractivity contribution in [2.75, 3.05) is 6.54 Å². The molecule has 1 rings (SSSR count). The van der Waals surface area contributed by atoms with Crippen LogP contribution in [0.2, 0.25) is 0 Å². The monoisotopic (exact) mass is 189 g/mol. The smallest absolute Gasteiger partial charge is 0.157 e. The Morgan fingerprint density at radius 3 is 2.31 bits per heavy atom. The van der Waals surface area contributed by atoms with Crippen molar-refractivity contribution in [2.45, 2.75) is 6.10 Å². The molecule has 0 radical (unpaired) electrons. The van der Waals surface area contributed by atoms with Gasteiger partial charge in [0, 0.05) is 6.54 Å². The Morgan fingerprint density at radius 1 is 1.23 bits per heavy atom. The van der Waals surface area contributed by atoms with E-state index in [2.05, 4.69) is 0 Å². The van der Waals surface area contributed by atoms with Crippen LogP contribution >= 0.6 is 0 Å². The number of rotatable bonds is 2. The Morgan fingerprint density at radius 2 is 1.85 bits per heavy atom. The average Bonchev–Trinajstić information content (AvgIpc) is 2.08. The minimum absolute atomic E-state index is 0. The first-order valence-electron chi connectivity index (χ1n) is 3.55. The van der Waals surface area contributed by atoms with E-state index in [1.165, 1.54) is 18.2 Å². The standard InChI is InChI=1S/C8H11NO3.FH/c9-4-8(12)5-1-2-6(10)7(11)3-5;/h1-3,8,10-12H,4,9H2;1H/t8-;/m0./s1. The highest BCUT2D eigenvalue weighted by Crippen LogP contribution is 2.27. The number of aromatic hydroxyl groups is 2. The van der Waals surface area contributed by atoms with Crippen molar-refractivity contribution in [3.05, 3.63) is 23.8 Å². The van der Waals surface area contributed by atoms with E-state index in [4.69, 9.17) is 15.9 Å². The van der Waals surface area contributed by atoms with Crippen LogP contribution in [-0.2, 0) is 0 Å². The van der Waals surface area contributed by atoms with Gasteiger partial charge in [-0.25, -0.2) is 0 Å². The summed E-state index contributed by atoms with van der Waals surface area (Å²) in [6.45, 7) is 0.0875. The summed E-state index contributed by atoms with van der Waals surface area (Å²) in [5, 5.41) is 27.2. The Balaban J connectivity index is 0.00000144. The predicted molar refractivity (Wildman–Crippen MR) is 46.3 cm³/mol. The van der Waals surface area contributed by atoms with Crippen LogP contribution in [0.15, 0.2) is 18.2 Å². The summed E-state index contributed by atoms with van der Waals surface area (Å²) in [7, 11) is 0. The first kappa shape index (κ1) is 11.7. The zero-order valence-electron chi connectivity index (χ0n) is 6.84.